The van der Waals surface area contributed by atoms with E-state index in [-0.39, 0.29) is 17.9 Å². The summed E-state index contributed by atoms with van der Waals surface area (Å²) in [6.07, 6.45) is 4.13. The number of nitrogens with zero attached hydrogens (tertiary/aromatic N) is 3. The third-order valence-electron chi connectivity index (χ3n) is 6.65. The van der Waals surface area contributed by atoms with Crippen LogP contribution in [0.1, 0.15) is 37.3 Å². The Morgan fingerprint density at radius 3 is 2.45 bits per heavy atom. The van der Waals surface area contributed by atoms with Crippen molar-refractivity contribution in [2.45, 2.75) is 31.7 Å². The van der Waals surface area contributed by atoms with Gasteiger partial charge in [-0.05, 0) is 56.5 Å². The maximum Gasteiger partial charge on any atom is 0.298 e. The fourth-order valence-electron chi connectivity index (χ4n) is 4.86. The average molecular weight is 419 g/mol. The molecule has 2 aliphatic rings. The summed E-state index contributed by atoms with van der Waals surface area (Å²) in [6.45, 7) is 4.48. The monoisotopic (exact) mass is 418 g/mol. The third-order valence-corrected chi connectivity index (χ3v) is 6.65. The highest BCUT2D eigenvalue weighted by molar-refractivity contribution is 5.79. The Bertz CT molecular complexity index is 972. The van der Waals surface area contributed by atoms with E-state index in [4.69, 9.17) is 4.42 Å². The SMILES string of the molecule is O=C(NC[C@H](c1ccccc1)N1CCCC1)C1CCN(c2nc3ccccc3o2)CC1. The number of aromatic nitrogens is 1. The van der Waals surface area contributed by atoms with Crippen molar-refractivity contribution in [3.63, 3.8) is 0 Å². The number of anilines is 1. The first-order chi connectivity index (χ1) is 15.3. The number of piperidine rings is 1. The van der Waals surface area contributed by atoms with Gasteiger partial charge >= 0.3 is 0 Å². The Morgan fingerprint density at radius 1 is 1.00 bits per heavy atom. The summed E-state index contributed by atoms with van der Waals surface area (Å²) in [7, 11) is 0. The van der Waals surface area contributed by atoms with Crippen LogP contribution in [0.4, 0.5) is 6.01 Å². The summed E-state index contributed by atoms with van der Waals surface area (Å²) in [4.78, 5) is 22.2. The zero-order chi connectivity index (χ0) is 21.0. The molecule has 1 amide bonds. The molecule has 0 spiro atoms. The van der Waals surface area contributed by atoms with Gasteiger partial charge in [0.05, 0.1) is 6.04 Å². The van der Waals surface area contributed by atoms with E-state index in [0.717, 1.165) is 50.1 Å². The number of nitrogens with one attached hydrogen (secondary N) is 1. The van der Waals surface area contributed by atoms with Crippen LogP contribution in [0.5, 0.6) is 0 Å². The molecule has 1 N–H and O–H groups in total. The zero-order valence-corrected chi connectivity index (χ0v) is 17.9. The van der Waals surface area contributed by atoms with Gasteiger partial charge < -0.3 is 14.6 Å². The van der Waals surface area contributed by atoms with Crippen LogP contribution in [-0.4, -0.2) is 48.5 Å². The predicted octanol–water partition coefficient (Wildman–Crippen LogP) is 4.00. The standard InChI is InChI=1S/C25H30N4O2/c30-24(26-18-22(28-14-6-7-15-28)19-8-2-1-3-9-19)20-12-16-29(17-13-20)25-27-21-10-4-5-11-23(21)31-25/h1-5,8-11,20,22H,6-7,12-18H2,(H,26,30)/t22-/m1/s1. The fourth-order valence-corrected chi connectivity index (χ4v) is 4.86. The van der Waals surface area contributed by atoms with E-state index in [0.29, 0.717) is 12.6 Å². The summed E-state index contributed by atoms with van der Waals surface area (Å²) in [6, 6.07) is 19.3. The Kier molecular flexibility index (Phi) is 5.89. The number of likely N-dealkylation sites (tertiary alicyclic amines) is 1. The molecule has 2 aromatic carbocycles. The van der Waals surface area contributed by atoms with Crippen molar-refractivity contribution in [3.05, 3.63) is 60.2 Å². The summed E-state index contributed by atoms with van der Waals surface area (Å²) in [5.74, 6) is 0.230. The molecule has 6 nitrogen and oxygen atoms in total. The molecule has 2 aliphatic heterocycles. The van der Waals surface area contributed by atoms with E-state index in [1.54, 1.807) is 0 Å². The second-order valence-electron chi connectivity index (χ2n) is 8.64. The third kappa shape index (κ3) is 4.44. The number of fused-ring (bicyclic) bond motifs is 1. The minimum Gasteiger partial charge on any atom is -0.423 e. The number of hydrogen-bond donors (Lipinski definition) is 1. The van der Waals surface area contributed by atoms with Crippen LogP contribution in [0.25, 0.3) is 11.1 Å². The summed E-state index contributed by atoms with van der Waals surface area (Å²) in [5.41, 5.74) is 2.98. The Hall–Kier alpha value is -2.86. The van der Waals surface area contributed by atoms with E-state index in [2.05, 4.69) is 44.4 Å². The molecule has 1 atom stereocenters. The van der Waals surface area contributed by atoms with Crippen LogP contribution in [0, 0.1) is 5.92 Å². The first kappa shape index (κ1) is 20.1. The highest BCUT2D eigenvalue weighted by Crippen LogP contribution is 2.27. The molecule has 0 saturated carbocycles. The highest BCUT2D eigenvalue weighted by Gasteiger charge is 2.29. The first-order valence-corrected chi connectivity index (χ1v) is 11.4. The van der Waals surface area contributed by atoms with Crippen LogP contribution >= 0.6 is 0 Å². The number of carbonyl (C=O) groups excluding carboxylic acids is 1. The lowest BCUT2D eigenvalue weighted by Gasteiger charge is -2.32. The molecule has 1 aromatic heterocycles. The van der Waals surface area contributed by atoms with Crippen LogP contribution < -0.4 is 10.2 Å². The molecular weight excluding hydrogens is 388 g/mol. The molecule has 5 rings (SSSR count). The van der Waals surface area contributed by atoms with Gasteiger partial charge in [-0.25, -0.2) is 0 Å². The van der Waals surface area contributed by atoms with Crippen LogP contribution in [-0.2, 0) is 4.79 Å². The molecule has 2 saturated heterocycles. The van der Waals surface area contributed by atoms with Crippen LogP contribution in [0.3, 0.4) is 0 Å². The van der Waals surface area contributed by atoms with Crippen LogP contribution in [0.2, 0.25) is 0 Å². The predicted molar refractivity (Wildman–Crippen MR) is 122 cm³/mol. The van der Waals surface area contributed by atoms with Gasteiger partial charge in [0.2, 0.25) is 5.91 Å². The van der Waals surface area contributed by atoms with Gasteiger partial charge in [-0.3, -0.25) is 9.69 Å². The van der Waals surface area contributed by atoms with Crippen molar-refractivity contribution < 1.29 is 9.21 Å². The molecule has 3 heterocycles. The van der Waals surface area contributed by atoms with E-state index in [9.17, 15) is 4.79 Å². The second kappa shape index (κ2) is 9.10. The lowest BCUT2D eigenvalue weighted by molar-refractivity contribution is -0.125. The quantitative estimate of drug-likeness (QED) is 0.656. The maximum absolute atomic E-state index is 12.9. The Labute approximate surface area is 183 Å². The number of oxazole rings is 1. The fraction of sp³-hybridized carbons (Fsp3) is 0.440. The lowest BCUT2D eigenvalue weighted by Crippen LogP contribution is -2.43. The molecule has 0 bridgehead atoms. The van der Waals surface area contributed by atoms with Gasteiger partial charge in [-0.1, -0.05) is 42.5 Å². The number of amides is 1. The summed E-state index contributed by atoms with van der Waals surface area (Å²) >= 11 is 0. The van der Waals surface area contributed by atoms with Gasteiger partial charge in [-0.15, -0.1) is 0 Å². The highest BCUT2D eigenvalue weighted by atomic mass is 16.4. The number of carbonyl (C=O) groups is 1. The van der Waals surface area contributed by atoms with Gasteiger partial charge in [0.25, 0.3) is 6.01 Å². The van der Waals surface area contributed by atoms with Crippen molar-refractivity contribution in [1.82, 2.24) is 15.2 Å². The van der Waals surface area contributed by atoms with E-state index in [1.807, 2.05) is 30.3 Å². The van der Waals surface area contributed by atoms with Gasteiger partial charge in [-0.2, -0.15) is 4.98 Å². The molecule has 31 heavy (non-hydrogen) atoms. The smallest absolute Gasteiger partial charge is 0.298 e. The molecule has 162 valence electrons. The minimum atomic E-state index is 0.0515. The average Bonchev–Trinajstić information content (AvgIpc) is 3.50. The number of rotatable bonds is 6. The van der Waals surface area contributed by atoms with Crippen molar-refractivity contribution >= 4 is 23.0 Å². The molecule has 0 unspecified atom stereocenters. The van der Waals surface area contributed by atoms with E-state index in [1.165, 1.54) is 18.4 Å². The molecule has 0 radical (unpaired) electrons. The molecular formula is C25H30N4O2. The Balaban J connectivity index is 1.17. The molecule has 2 fully saturated rings. The largest absolute Gasteiger partial charge is 0.423 e. The minimum absolute atomic E-state index is 0.0515. The maximum atomic E-state index is 12.9. The van der Waals surface area contributed by atoms with E-state index >= 15 is 0 Å². The van der Waals surface area contributed by atoms with Crippen molar-refractivity contribution in [2.75, 3.05) is 37.6 Å². The van der Waals surface area contributed by atoms with Crippen molar-refractivity contribution in [3.8, 4) is 0 Å². The van der Waals surface area contributed by atoms with Crippen molar-refractivity contribution in [2.24, 2.45) is 5.92 Å². The topological polar surface area (TPSA) is 61.6 Å². The van der Waals surface area contributed by atoms with Crippen LogP contribution in [0.15, 0.2) is 59.0 Å². The number of hydrogen-bond acceptors (Lipinski definition) is 5. The van der Waals surface area contributed by atoms with E-state index < -0.39 is 0 Å². The Morgan fingerprint density at radius 2 is 1.71 bits per heavy atom. The second-order valence-corrected chi connectivity index (χ2v) is 8.64. The normalized spacial score (nSPS) is 19.0. The molecule has 6 heteroatoms. The van der Waals surface area contributed by atoms with Gasteiger partial charge in [0.15, 0.2) is 5.58 Å². The van der Waals surface area contributed by atoms with Gasteiger partial charge in [0, 0.05) is 25.6 Å². The molecule has 3 aromatic rings. The molecule has 0 aliphatic carbocycles. The zero-order valence-electron chi connectivity index (χ0n) is 17.9. The van der Waals surface area contributed by atoms with Gasteiger partial charge in [0.1, 0.15) is 5.52 Å². The summed E-state index contributed by atoms with van der Waals surface area (Å²) in [5, 5.41) is 3.27. The number of para-hydroxylation sites is 2. The summed E-state index contributed by atoms with van der Waals surface area (Å²) < 4.78 is 5.90. The number of benzene rings is 2. The van der Waals surface area contributed by atoms with Crippen molar-refractivity contribution in [1.29, 1.82) is 0 Å². The first-order valence-electron chi connectivity index (χ1n) is 11.4. The lowest BCUT2D eigenvalue weighted by atomic mass is 9.96.